The number of carbonyl (C=O) groups excluding carboxylic acids is 1. The molecule has 0 bridgehead atoms. The summed E-state index contributed by atoms with van der Waals surface area (Å²) >= 11 is 1.55. The van der Waals surface area contributed by atoms with Gasteiger partial charge in [-0.3, -0.25) is 9.69 Å². The Morgan fingerprint density at radius 2 is 1.88 bits per heavy atom. The Kier molecular flexibility index (Phi) is 7.89. The summed E-state index contributed by atoms with van der Waals surface area (Å²) in [6.07, 6.45) is 3.64. The number of carbonyl (C=O) groups is 1. The van der Waals surface area contributed by atoms with E-state index >= 15 is 0 Å². The number of hydrogen-bond donors (Lipinski definition) is 1. The lowest BCUT2D eigenvalue weighted by Crippen LogP contribution is -2.32. The molecule has 182 valence electrons. The summed E-state index contributed by atoms with van der Waals surface area (Å²) in [7, 11) is 0. The summed E-state index contributed by atoms with van der Waals surface area (Å²) in [5.74, 6) is 1.67. The minimum absolute atomic E-state index is 0.0200. The molecule has 1 aliphatic heterocycles. The van der Waals surface area contributed by atoms with Crippen LogP contribution in [0.1, 0.15) is 64.5 Å². The van der Waals surface area contributed by atoms with Crippen LogP contribution in [-0.4, -0.2) is 35.5 Å². The molecule has 6 heteroatoms. The van der Waals surface area contributed by atoms with Crippen molar-refractivity contribution in [2.24, 2.45) is 5.92 Å². The van der Waals surface area contributed by atoms with Crippen molar-refractivity contribution in [1.29, 1.82) is 0 Å². The first-order chi connectivity index (χ1) is 16.3. The zero-order valence-electron chi connectivity index (χ0n) is 20.9. The van der Waals surface area contributed by atoms with Crippen molar-refractivity contribution in [3.8, 4) is 5.75 Å². The Labute approximate surface area is 207 Å². The Bertz CT molecular complexity index is 1090. The number of fused-ring (bicyclic) bond motifs is 1. The van der Waals surface area contributed by atoms with Gasteiger partial charge in [-0.25, -0.2) is 4.98 Å². The maximum absolute atomic E-state index is 12.4. The van der Waals surface area contributed by atoms with E-state index in [0.29, 0.717) is 24.6 Å². The van der Waals surface area contributed by atoms with E-state index in [9.17, 15) is 4.79 Å². The van der Waals surface area contributed by atoms with E-state index in [1.165, 1.54) is 37.1 Å². The summed E-state index contributed by atoms with van der Waals surface area (Å²) < 4.78 is 6.93. The number of hydrogen-bond acceptors (Lipinski definition) is 5. The quantitative estimate of drug-likeness (QED) is 0.369. The third kappa shape index (κ3) is 6.80. The fraction of sp³-hybridized carbons (Fsp3) is 0.500. The van der Waals surface area contributed by atoms with Gasteiger partial charge < -0.3 is 10.1 Å². The monoisotopic (exact) mass is 479 g/mol. The minimum atomic E-state index is -0.0200. The molecular weight excluding hydrogens is 442 g/mol. The molecule has 0 unspecified atom stereocenters. The number of piperidine rings is 1. The maximum Gasteiger partial charge on any atom is 0.226 e. The minimum Gasteiger partial charge on any atom is -0.494 e. The number of nitrogens with one attached hydrogen (secondary N) is 1. The molecule has 1 aliphatic rings. The van der Waals surface area contributed by atoms with Crippen molar-refractivity contribution in [2.75, 3.05) is 25.0 Å². The predicted molar refractivity (Wildman–Crippen MR) is 142 cm³/mol. The highest BCUT2D eigenvalue weighted by molar-refractivity contribution is 7.22. The molecule has 5 nitrogen and oxygen atoms in total. The predicted octanol–water partition coefficient (Wildman–Crippen LogP) is 6.62. The molecule has 0 radical (unpaired) electrons. The molecule has 1 fully saturated rings. The lowest BCUT2D eigenvalue weighted by Gasteiger charge is -2.30. The fourth-order valence-corrected chi connectivity index (χ4v) is 5.20. The highest BCUT2D eigenvalue weighted by Gasteiger charge is 2.16. The standard InChI is InChI=1S/C28H37N3O2S/c1-20-13-15-31(16-14-20)19-21-7-12-24-25(18-21)34-27(29-24)30-26(32)6-5-17-33-23-10-8-22(9-11-23)28(2,3)4/h7-12,18,20H,5-6,13-17,19H2,1-4H3,(H,29,30,32). The summed E-state index contributed by atoms with van der Waals surface area (Å²) in [6, 6.07) is 14.7. The van der Waals surface area contributed by atoms with Crippen molar-refractivity contribution in [3.05, 3.63) is 53.6 Å². The molecule has 0 saturated carbocycles. The number of nitrogens with zero attached hydrogens (tertiary/aromatic N) is 2. The molecular formula is C28H37N3O2S. The second-order valence-electron chi connectivity index (χ2n) is 10.6. The van der Waals surface area contributed by atoms with Crippen LogP contribution in [0.25, 0.3) is 10.2 Å². The van der Waals surface area contributed by atoms with Crippen LogP contribution in [0.4, 0.5) is 5.13 Å². The second kappa shape index (κ2) is 10.9. The Balaban J connectivity index is 1.22. The third-order valence-corrected chi connectivity index (χ3v) is 7.45. The van der Waals surface area contributed by atoms with Crippen molar-refractivity contribution >= 4 is 32.6 Å². The zero-order chi connectivity index (χ0) is 24.1. The molecule has 0 aliphatic carbocycles. The molecule has 2 aromatic carbocycles. The molecule has 0 spiro atoms. The number of ether oxygens (including phenoxy) is 1. The topological polar surface area (TPSA) is 54.5 Å². The molecule has 1 aromatic heterocycles. The molecule has 1 saturated heterocycles. The van der Waals surface area contributed by atoms with E-state index in [1.807, 2.05) is 12.1 Å². The van der Waals surface area contributed by atoms with Gasteiger partial charge in [0.05, 0.1) is 16.8 Å². The van der Waals surface area contributed by atoms with Gasteiger partial charge in [-0.2, -0.15) is 0 Å². The first-order valence-corrected chi connectivity index (χ1v) is 13.2. The van der Waals surface area contributed by atoms with Crippen LogP contribution in [0.2, 0.25) is 0 Å². The fourth-order valence-electron chi connectivity index (χ4n) is 4.25. The summed E-state index contributed by atoms with van der Waals surface area (Å²) in [5.41, 5.74) is 3.67. The van der Waals surface area contributed by atoms with Crippen LogP contribution < -0.4 is 10.1 Å². The van der Waals surface area contributed by atoms with E-state index in [1.54, 1.807) is 11.3 Å². The van der Waals surface area contributed by atoms with Gasteiger partial charge in [0.2, 0.25) is 5.91 Å². The lowest BCUT2D eigenvalue weighted by molar-refractivity contribution is -0.116. The van der Waals surface area contributed by atoms with Crippen LogP contribution >= 0.6 is 11.3 Å². The van der Waals surface area contributed by atoms with Crippen molar-refractivity contribution in [1.82, 2.24) is 9.88 Å². The summed E-state index contributed by atoms with van der Waals surface area (Å²) in [5, 5.41) is 3.63. The molecule has 0 atom stereocenters. The van der Waals surface area contributed by atoms with Gasteiger partial charge in [-0.05, 0) is 79.1 Å². The molecule has 34 heavy (non-hydrogen) atoms. The molecule has 4 rings (SSSR count). The van der Waals surface area contributed by atoms with Gasteiger partial charge in [0.25, 0.3) is 0 Å². The average Bonchev–Trinajstić information content (AvgIpc) is 3.19. The van der Waals surface area contributed by atoms with Crippen molar-refractivity contribution < 1.29 is 9.53 Å². The third-order valence-electron chi connectivity index (χ3n) is 6.52. The van der Waals surface area contributed by atoms with Crippen molar-refractivity contribution in [2.45, 2.75) is 65.3 Å². The highest BCUT2D eigenvalue weighted by Crippen LogP contribution is 2.28. The Hall–Kier alpha value is -2.44. The molecule has 3 aromatic rings. The van der Waals surface area contributed by atoms with Crippen molar-refractivity contribution in [3.63, 3.8) is 0 Å². The number of benzene rings is 2. The van der Waals surface area contributed by atoms with Crippen LogP contribution in [-0.2, 0) is 16.8 Å². The number of thiazole rings is 1. The number of rotatable bonds is 8. The number of aromatic nitrogens is 1. The van der Waals surface area contributed by atoms with Crippen LogP contribution in [0.3, 0.4) is 0 Å². The first-order valence-electron chi connectivity index (χ1n) is 12.4. The maximum atomic E-state index is 12.4. The smallest absolute Gasteiger partial charge is 0.226 e. The summed E-state index contributed by atoms with van der Waals surface area (Å²) in [4.78, 5) is 19.5. The normalized spacial score (nSPS) is 15.5. The van der Waals surface area contributed by atoms with Gasteiger partial charge in [0, 0.05) is 13.0 Å². The van der Waals surface area contributed by atoms with E-state index in [0.717, 1.165) is 28.4 Å². The molecule has 2 heterocycles. The van der Waals surface area contributed by atoms with Crippen LogP contribution in [0.5, 0.6) is 5.75 Å². The first kappa shape index (κ1) is 24.7. The van der Waals surface area contributed by atoms with Gasteiger partial charge in [0.15, 0.2) is 5.13 Å². The van der Waals surface area contributed by atoms with Gasteiger partial charge in [-0.15, -0.1) is 0 Å². The molecule has 1 amide bonds. The Morgan fingerprint density at radius 3 is 2.59 bits per heavy atom. The van der Waals surface area contributed by atoms with E-state index < -0.39 is 0 Å². The van der Waals surface area contributed by atoms with E-state index in [4.69, 9.17) is 4.74 Å². The SMILES string of the molecule is CC1CCN(Cc2ccc3nc(NC(=O)CCCOc4ccc(C(C)(C)C)cc4)sc3c2)CC1. The average molecular weight is 480 g/mol. The van der Waals surface area contributed by atoms with Crippen LogP contribution in [0.15, 0.2) is 42.5 Å². The molecule has 1 N–H and O–H groups in total. The van der Waals surface area contributed by atoms with E-state index in [-0.39, 0.29) is 11.3 Å². The number of anilines is 1. The van der Waals surface area contributed by atoms with Gasteiger partial charge in [-0.1, -0.05) is 57.2 Å². The number of likely N-dealkylation sites (tertiary alicyclic amines) is 1. The van der Waals surface area contributed by atoms with E-state index in [2.05, 4.69) is 73.2 Å². The number of amides is 1. The van der Waals surface area contributed by atoms with Crippen LogP contribution in [0, 0.1) is 5.92 Å². The Morgan fingerprint density at radius 1 is 1.15 bits per heavy atom. The van der Waals surface area contributed by atoms with Gasteiger partial charge >= 0.3 is 0 Å². The lowest BCUT2D eigenvalue weighted by atomic mass is 9.87. The largest absolute Gasteiger partial charge is 0.494 e. The van der Waals surface area contributed by atoms with Gasteiger partial charge in [0.1, 0.15) is 5.75 Å². The highest BCUT2D eigenvalue weighted by atomic mass is 32.1. The second-order valence-corrected chi connectivity index (χ2v) is 11.6. The summed E-state index contributed by atoms with van der Waals surface area (Å²) in [6.45, 7) is 12.8. The zero-order valence-corrected chi connectivity index (χ0v) is 21.7.